The Hall–Kier alpha value is -4.07. The van der Waals surface area contributed by atoms with Crippen LogP contribution in [0, 0.1) is 0 Å². The maximum absolute atomic E-state index is 11.5. The van der Waals surface area contributed by atoms with E-state index in [2.05, 4.69) is 27.2 Å². The highest BCUT2D eigenvalue weighted by atomic mass is 16.5. The third-order valence-corrected chi connectivity index (χ3v) is 3.77. The Labute approximate surface area is 168 Å². The van der Waals surface area contributed by atoms with E-state index in [1.807, 2.05) is 24.3 Å². The van der Waals surface area contributed by atoms with Gasteiger partial charge in [-0.25, -0.2) is 4.98 Å². The minimum absolute atomic E-state index is 0.222. The number of hydrogen-bond acceptors (Lipinski definition) is 7. The fourth-order valence-electron chi connectivity index (χ4n) is 2.40. The van der Waals surface area contributed by atoms with Gasteiger partial charge in [0.25, 0.3) is 5.88 Å². The van der Waals surface area contributed by atoms with Crippen LogP contribution in [0.2, 0.25) is 0 Å². The molecule has 0 spiro atoms. The molecule has 8 heteroatoms. The summed E-state index contributed by atoms with van der Waals surface area (Å²) >= 11 is 0. The van der Waals surface area contributed by atoms with Crippen LogP contribution >= 0.6 is 0 Å². The lowest BCUT2D eigenvalue weighted by molar-refractivity contribution is -0.111. The van der Waals surface area contributed by atoms with Gasteiger partial charge in [0.1, 0.15) is 11.5 Å². The zero-order valence-corrected chi connectivity index (χ0v) is 16.0. The number of anilines is 3. The number of carbonyl (C=O) groups is 1. The molecule has 1 heterocycles. The van der Waals surface area contributed by atoms with Crippen LogP contribution in [0.5, 0.6) is 23.1 Å². The van der Waals surface area contributed by atoms with Gasteiger partial charge in [0, 0.05) is 23.5 Å². The lowest BCUT2D eigenvalue weighted by Crippen LogP contribution is -2.07. The molecule has 0 radical (unpaired) electrons. The molecule has 0 unspecified atom stereocenters. The van der Waals surface area contributed by atoms with Crippen LogP contribution in [0.4, 0.5) is 17.3 Å². The number of nitrogens with zero attached hydrogens (tertiary/aromatic N) is 2. The zero-order valence-electron chi connectivity index (χ0n) is 16.0. The van der Waals surface area contributed by atoms with Crippen LogP contribution in [0.25, 0.3) is 0 Å². The van der Waals surface area contributed by atoms with Crippen molar-refractivity contribution in [3.8, 4) is 23.1 Å². The number of amides is 1. The Bertz CT molecular complexity index is 1020. The van der Waals surface area contributed by atoms with Crippen LogP contribution in [-0.4, -0.2) is 30.1 Å². The van der Waals surface area contributed by atoms with Crippen molar-refractivity contribution in [2.45, 2.75) is 0 Å². The molecular formula is C21H20N4O4. The maximum atomic E-state index is 11.5. The molecule has 0 atom stereocenters. The van der Waals surface area contributed by atoms with Crippen molar-refractivity contribution in [2.75, 3.05) is 24.9 Å². The molecule has 0 saturated carbocycles. The van der Waals surface area contributed by atoms with Crippen molar-refractivity contribution in [1.82, 2.24) is 9.97 Å². The standard InChI is InChI=1S/C21H20N4O4/c1-4-19(26)23-14-7-6-10-17(12-14)29-20-18(28-3)13-22-21(25-20)24-15-8-5-9-16(11-15)27-2/h4-13H,1H2,2-3H3,(H,23,26)(H,22,24,25). The van der Waals surface area contributed by atoms with E-state index in [-0.39, 0.29) is 11.8 Å². The Morgan fingerprint density at radius 2 is 1.76 bits per heavy atom. The third-order valence-electron chi connectivity index (χ3n) is 3.77. The number of aromatic nitrogens is 2. The highest BCUT2D eigenvalue weighted by molar-refractivity contribution is 5.98. The molecule has 0 saturated heterocycles. The first-order valence-electron chi connectivity index (χ1n) is 8.64. The second-order valence-electron chi connectivity index (χ2n) is 5.75. The van der Waals surface area contributed by atoms with E-state index < -0.39 is 0 Å². The van der Waals surface area contributed by atoms with Crippen LogP contribution < -0.4 is 24.8 Å². The molecule has 1 aromatic heterocycles. The molecule has 0 aliphatic heterocycles. The predicted molar refractivity (Wildman–Crippen MR) is 110 cm³/mol. The molecule has 29 heavy (non-hydrogen) atoms. The minimum Gasteiger partial charge on any atom is -0.497 e. The van der Waals surface area contributed by atoms with E-state index in [0.717, 1.165) is 5.69 Å². The van der Waals surface area contributed by atoms with Crippen molar-refractivity contribution in [3.05, 3.63) is 67.4 Å². The summed E-state index contributed by atoms with van der Waals surface area (Å²) in [4.78, 5) is 20.1. The van der Waals surface area contributed by atoms with Gasteiger partial charge >= 0.3 is 0 Å². The second-order valence-corrected chi connectivity index (χ2v) is 5.75. The summed E-state index contributed by atoms with van der Waals surface area (Å²) < 4.78 is 16.4. The molecule has 1 amide bonds. The highest BCUT2D eigenvalue weighted by Crippen LogP contribution is 2.31. The molecule has 0 fully saturated rings. The van der Waals surface area contributed by atoms with Crippen molar-refractivity contribution in [1.29, 1.82) is 0 Å². The first-order chi connectivity index (χ1) is 14.1. The first kappa shape index (κ1) is 19.7. The summed E-state index contributed by atoms with van der Waals surface area (Å²) in [5, 5.41) is 5.77. The van der Waals surface area contributed by atoms with Gasteiger partial charge < -0.3 is 24.8 Å². The maximum Gasteiger partial charge on any atom is 0.267 e. The lowest BCUT2D eigenvalue weighted by atomic mass is 10.3. The molecule has 2 aromatic carbocycles. The molecular weight excluding hydrogens is 372 g/mol. The topological polar surface area (TPSA) is 94.6 Å². The summed E-state index contributed by atoms with van der Waals surface area (Å²) in [6, 6.07) is 14.3. The van der Waals surface area contributed by atoms with Crippen LogP contribution in [0.1, 0.15) is 0 Å². The molecule has 0 aliphatic carbocycles. The average molecular weight is 392 g/mol. The summed E-state index contributed by atoms with van der Waals surface area (Å²) in [5.74, 6) is 1.77. The average Bonchev–Trinajstić information content (AvgIpc) is 2.74. The van der Waals surface area contributed by atoms with Gasteiger partial charge in [0.2, 0.25) is 11.9 Å². The van der Waals surface area contributed by atoms with Crippen molar-refractivity contribution in [2.24, 2.45) is 0 Å². The summed E-state index contributed by atoms with van der Waals surface area (Å²) in [6.45, 7) is 3.43. The van der Waals surface area contributed by atoms with Gasteiger partial charge in [-0.1, -0.05) is 18.7 Å². The number of benzene rings is 2. The number of nitrogens with one attached hydrogen (secondary N) is 2. The SMILES string of the molecule is C=CC(=O)Nc1cccc(Oc2nc(Nc3cccc(OC)c3)ncc2OC)c1. The Morgan fingerprint density at radius 3 is 2.48 bits per heavy atom. The van der Waals surface area contributed by atoms with E-state index >= 15 is 0 Å². The van der Waals surface area contributed by atoms with Crippen LogP contribution in [0.3, 0.4) is 0 Å². The minimum atomic E-state index is -0.313. The third kappa shape index (κ3) is 5.23. The molecule has 2 N–H and O–H groups in total. The second kappa shape index (κ2) is 9.23. The van der Waals surface area contributed by atoms with Gasteiger partial charge in [-0.15, -0.1) is 0 Å². The first-order valence-corrected chi connectivity index (χ1v) is 8.64. The van der Waals surface area contributed by atoms with E-state index in [9.17, 15) is 4.79 Å². The highest BCUT2D eigenvalue weighted by Gasteiger charge is 2.12. The smallest absolute Gasteiger partial charge is 0.267 e. The number of carbonyl (C=O) groups excluding carboxylic acids is 1. The van der Waals surface area contributed by atoms with Gasteiger partial charge in [-0.3, -0.25) is 4.79 Å². The largest absolute Gasteiger partial charge is 0.497 e. The summed E-state index contributed by atoms with van der Waals surface area (Å²) in [6.07, 6.45) is 2.70. The predicted octanol–water partition coefficient (Wildman–Crippen LogP) is 4.15. The van der Waals surface area contributed by atoms with Gasteiger partial charge in [0.05, 0.1) is 20.4 Å². The van der Waals surface area contributed by atoms with Crippen LogP contribution in [0.15, 0.2) is 67.4 Å². The number of methoxy groups -OCH3 is 2. The Balaban J connectivity index is 1.83. The van der Waals surface area contributed by atoms with E-state index in [1.54, 1.807) is 31.4 Å². The van der Waals surface area contributed by atoms with Crippen molar-refractivity contribution >= 4 is 23.2 Å². The van der Waals surface area contributed by atoms with E-state index in [1.165, 1.54) is 19.4 Å². The Morgan fingerprint density at radius 1 is 1.03 bits per heavy atom. The molecule has 8 nitrogen and oxygen atoms in total. The number of rotatable bonds is 8. The quantitative estimate of drug-likeness (QED) is 0.556. The molecule has 3 rings (SSSR count). The number of hydrogen-bond donors (Lipinski definition) is 2. The Kier molecular flexibility index (Phi) is 6.26. The molecule has 148 valence electrons. The van der Waals surface area contributed by atoms with Crippen LogP contribution in [-0.2, 0) is 4.79 Å². The van der Waals surface area contributed by atoms with Gasteiger partial charge in [-0.05, 0) is 30.3 Å². The fraction of sp³-hybridized carbons (Fsp3) is 0.0952. The lowest BCUT2D eigenvalue weighted by Gasteiger charge is -2.12. The van der Waals surface area contributed by atoms with E-state index in [0.29, 0.717) is 28.9 Å². The monoisotopic (exact) mass is 392 g/mol. The van der Waals surface area contributed by atoms with Crippen molar-refractivity contribution < 1.29 is 19.0 Å². The van der Waals surface area contributed by atoms with Crippen molar-refractivity contribution in [3.63, 3.8) is 0 Å². The number of ether oxygens (including phenoxy) is 3. The molecule has 0 bridgehead atoms. The fourth-order valence-corrected chi connectivity index (χ4v) is 2.40. The molecule has 3 aromatic rings. The normalized spacial score (nSPS) is 10.0. The van der Waals surface area contributed by atoms with Gasteiger partial charge in [0.15, 0.2) is 5.75 Å². The van der Waals surface area contributed by atoms with Gasteiger partial charge in [-0.2, -0.15) is 4.98 Å². The summed E-state index contributed by atoms with van der Waals surface area (Å²) in [5.41, 5.74) is 1.32. The van der Waals surface area contributed by atoms with E-state index in [4.69, 9.17) is 14.2 Å². The summed E-state index contributed by atoms with van der Waals surface area (Å²) in [7, 11) is 3.10. The zero-order chi connectivity index (χ0) is 20.6. The molecule has 0 aliphatic rings.